The number of cyclic esters (lactones) is 1. The maximum Gasteiger partial charge on any atom is 0.343 e. The first-order valence-corrected chi connectivity index (χ1v) is 11.0. The van der Waals surface area contributed by atoms with Gasteiger partial charge >= 0.3 is 11.7 Å². The third-order valence-electron chi connectivity index (χ3n) is 5.84. The van der Waals surface area contributed by atoms with Crippen molar-refractivity contribution in [3.63, 3.8) is 0 Å². The Morgan fingerprint density at radius 1 is 1.03 bits per heavy atom. The van der Waals surface area contributed by atoms with Crippen LogP contribution in [-0.2, 0) is 4.74 Å². The lowest BCUT2D eigenvalue weighted by Crippen LogP contribution is -2.11. The van der Waals surface area contributed by atoms with E-state index in [1.807, 2.05) is 31.2 Å². The van der Waals surface area contributed by atoms with Gasteiger partial charge in [0, 0.05) is 18.1 Å². The number of esters is 1. The van der Waals surface area contributed by atoms with Crippen molar-refractivity contribution in [3.05, 3.63) is 97.1 Å². The van der Waals surface area contributed by atoms with Gasteiger partial charge in [-0.2, -0.15) is 5.10 Å². The lowest BCUT2D eigenvalue weighted by molar-refractivity contribution is -0.393. The molecule has 1 aliphatic rings. The van der Waals surface area contributed by atoms with Gasteiger partial charge in [0.2, 0.25) is 0 Å². The number of nitro benzene ring substituents is 2. The topological polar surface area (TPSA) is 155 Å². The summed E-state index contributed by atoms with van der Waals surface area (Å²) in [7, 11) is 2.90. The largest absolute Gasteiger partial charge is 0.493 e. The molecule has 1 heterocycles. The van der Waals surface area contributed by atoms with Crippen molar-refractivity contribution in [1.29, 1.82) is 0 Å². The smallest absolute Gasteiger partial charge is 0.343 e. The second-order valence-corrected chi connectivity index (χ2v) is 8.12. The number of rotatable bonds is 9. The van der Waals surface area contributed by atoms with Crippen molar-refractivity contribution >= 4 is 28.7 Å². The van der Waals surface area contributed by atoms with Gasteiger partial charge in [-0.15, -0.1) is 0 Å². The summed E-state index contributed by atoms with van der Waals surface area (Å²) in [6.45, 7) is 1.92. The van der Waals surface area contributed by atoms with Gasteiger partial charge in [-0.1, -0.05) is 35.9 Å². The van der Waals surface area contributed by atoms with Crippen LogP contribution in [0.3, 0.4) is 0 Å². The van der Waals surface area contributed by atoms with Gasteiger partial charge < -0.3 is 14.2 Å². The number of methoxy groups -OCH3 is 2. The zero-order chi connectivity index (χ0) is 26.7. The summed E-state index contributed by atoms with van der Waals surface area (Å²) in [6.07, 6.45) is -0.582. The molecule has 0 amide bonds. The highest BCUT2D eigenvalue weighted by molar-refractivity contribution is 6.03. The first-order chi connectivity index (χ1) is 17.7. The standard InChI is InChI=1S/C25H22N4O8/c1-14-4-6-15(7-5-14)19(27-26-18-10-8-16(28(31)32)12-20(18)29(33)34)13-22-17-9-11-21(35-2)24(36-3)23(17)25(30)37-22/h4-12,22,26H,13H2,1-3H3/b27-19+/t22-/m1/s1. The molecule has 0 spiro atoms. The minimum absolute atomic E-state index is 0.0320. The monoisotopic (exact) mass is 506 g/mol. The molecule has 12 nitrogen and oxygen atoms in total. The quantitative estimate of drug-likeness (QED) is 0.184. The predicted octanol–water partition coefficient (Wildman–Crippen LogP) is 4.95. The number of non-ortho nitro benzene ring substituents is 1. The number of carbonyl (C=O) groups excluding carboxylic acids is 1. The van der Waals surface area contributed by atoms with E-state index in [2.05, 4.69) is 10.5 Å². The minimum Gasteiger partial charge on any atom is -0.493 e. The Bertz CT molecular complexity index is 1420. The van der Waals surface area contributed by atoms with Gasteiger partial charge in [0.05, 0.1) is 35.8 Å². The Kier molecular flexibility index (Phi) is 7.00. The molecule has 0 aliphatic carbocycles. The van der Waals surface area contributed by atoms with E-state index in [9.17, 15) is 25.0 Å². The molecule has 3 aromatic rings. The molecule has 1 N–H and O–H groups in total. The van der Waals surface area contributed by atoms with E-state index < -0.39 is 33.3 Å². The zero-order valence-electron chi connectivity index (χ0n) is 20.1. The summed E-state index contributed by atoms with van der Waals surface area (Å²) in [6, 6.07) is 14.0. The number of nitro groups is 2. The summed E-state index contributed by atoms with van der Waals surface area (Å²) < 4.78 is 16.3. The van der Waals surface area contributed by atoms with E-state index >= 15 is 0 Å². The number of anilines is 1. The van der Waals surface area contributed by atoms with Crippen molar-refractivity contribution in [2.24, 2.45) is 5.10 Å². The van der Waals surface area contributed by atoms with E-state index in [1.54, 1.807) is 12.1 Å². The second-order valence-electron chi connectivity index (χ2n) is 8.12. The number of hydrazone groups is 1. The molecule has 0 fully saturated rings. The molecule has 0 saturated carbocycles. The summed E-state index contributed by atoms with van der Waals surface area (Å²) in [4.78, 5) is 33.9. The van der Waals surface area contributed by atoms with Crippen LogP contribution in [0.1, 0.15) is 39.6 Å². The average molecular weight is 506 g/mol. The minimum atomic E-state index is -0.731. The number of ether oxygens (including phenoxy) is 3. The van der Waals surface area contributed by atoms with Gasteiger partial charge in [-0.3, -0.25) is 25.7 Å². The van der Waals surface area contributed by atoms with Crippen LogP contribution < -0.4 is 14.9 Å². The normalized spacial score (nSPS) is 14.5. The molecule has 190 valence electrons. The van der Waals surface area contributed by atoms with E-state index in [4.69, 9.17) is 14.2 Å². The van der Waals surface area contributed by atoms with Crippen LogP contribution in [0.25, 0.3) is 0 Å². The number of fused-ring (bicyclic) bond motifs is 1. The van der Waals surface area contributed by atoms with Crippen molar-refractivity contribution in [2.45, 2.75) is 19.4 Å². The molecular weight excluding hydrogens is 484 g/mol. The van der Waals surface area contributed by atoms with Crippen LogP contribution in [0.2, 0.25) is 0 Å². The fourth-order valence-electron chi connectivity index (χ4n) is 3.98. The predicted molar refractivity (Wildman–Crippen MR) is 133 cm³/mol. The van der Waals surface area contributed by atoms with Crippen molar-refractivity contribution in [3.8, 4) is 11.5 Å². The van der Waals surface area contributed by atoms with Gasteiger partial charge in [-0.05, 0) is 24.6 Å². The Balaban J connectivity index is 1.73. The molecule has 37 heavy (non-hydrogen) atoms. The Hall–Kier alpha value is -5.00. The lowest BCUT2D eigenvalue weighted by atomic mass is 9.97. The van der Waals surface area contributed by atoms with Gasteiger partial charge in [0.25, 0.3) is 5.69 Å². The Morgan fingerprint density at radius 2 is 1.76 bits per heavy atom. The van der Waals surface area contributed by atoms with Crippen LogP contribution in [0.5, 0.6) is 11.5 Å². The third kappa shape index (κ3) is 5.03. The van der Waals surface area contributed by atoms with E-state index in [1.165, 1.54) is 20.3 Å². The van der Waals surface area contributed by atoms with Crippen LogP contribution in [0.4, 0.5) is 17.1 Å². The van der Waals surface area contributed by atoms with Crippen molar-refractivity contribution < 1.29 is 28.9 Å². The average Bonchev–Trinajstić information content (AvgIpc) is 3.21. The molecular formula is C25H22N4O8. The van der Waals surface area contributed by atoms with Crippen LogP contribution >= 0.6 is 0 Å². The number of nitrogens with zero attached hydrogens (tertiary/aromatic N) is 3. The molecule has 3 aromatic carbocycles. The summed E-state index contributed by atoms with van der Waals surface area (Å²) in [5, 5.41) is 27.0. The van der Waals surface area contributed by atoms with Crippen molar-refractivity contribution in [2.75, 3.05) is 19.6 Å². The van der Waals surface area contributed by atoms with Crippen molar-refractivity contribution in [1.82, 2.24) is 0 Å². The molecule has 1 atom stereocenters. The number of hydrogen-bond donors (Lipinski definition) is 1. The van der Waals surface area contributed by atoms with Crippen LogP contribution in [-0.4, -0.2) is 35.7 Å². The van der Waals surface area contributed by atoms with Crippen LogP contribution in [0, 0.1) is 27.2 Å². The molecule has 1 aliphatic heterocycles. The zero-order valence-corrected chi connectivity index (χ0v) is 20.1. The lowest BCUT2D eigenvalue weighted by Gasteiger charge is -2.15. The first-order valence-electron chi connectivity index (χ1n) is 11.0. The molecule has 12 heteroatoms. The summed E-state index contributed by atoms with van der Waals surface area (Å²) in [5.41, 5.74) is 4.69. The number of benzene rings is 3. The number of carbonyl (C=O) groups is 1. The molecule has 0 saturated heterocycles. The van der Waals surface area contributed by atoms with Crippen LogP contribution in [0.15, 0.2) is 59.7 Å². The van der Waals surface area contributed by atoms with Gasteiger partial charge in [0.1, 0.15) is 17.4 Å². The highest BCUT2D eigenvalue weighted by Crippen LogP contribution is 2.43. The molecule has 0 radical (unpaired) electrons. The molecule has 0 aromatic heterocycles. The summed E-state index contributed by atoms with van der Waals surface area (Å²) >= 11 is 0. The Labute approximate surface area is 210 Å². The maximum atomic E-state index is 12.7. The second kappa shape index (κ2) is 10.3. The molecule has 0 bridgehead atoms. The number of hydrogen-bond acceptors (Lipinski definition) is 10. The van der Waals surface area contributed by atoms with E-state index in [-0.39, 0.29) is 23.4 Å². The van der Waals surface area contributed by atoms with Gasteiger partial charge in [-0.25, -0.2) is 4.79 Å². The molecule has 4 rings (SSSR count). The fourth-order valence-corrected chi connectivity index (χ4v) is 3.98. The van der Waals surface area contributed by atoms with E-state index in [0.29, 0.717) is 22.6 Å². The Morgan fingerprint density at radius 3 is 2.38 bits per heavy atom. The number of aryl methyl sites for hydroxylation is 1. The van der Waals surface area contributed by atoms with Gasteiger partial charge in [0.15, 0.2) is 11.5 Å². The summed E-state index contributed by atoms with van der Waals surface area (Å²) in [5.74, 6) is 0.0809. The first kappa shape index (κ1) is 25.1. The third-order valence-corrected chi connectivity index (χ3v) is 5.84. The fraction of sp³-hybridized carbons (Fsp3) is 0.200. The highest BCUT2D eigenvalue weighted by Gasteiger charge is 2.36. The van der Waals surface area contributed by atoms with E-state index in [0.717, 1.165) is 17.7 Å². The maximum absolute atomic E-state index is 12.7. The molecule has 0 unspecified atom stereocenters. The highest BCUT2D eigenvalue weighted by atomic mass is 16.6. The SMILES string of the molecule is COc1ccc2c(c1OC)C(=O)O[C@@H]2C/C(=N\Nc1ccc([N+](=O)[O-])cc1[N+](=O)[O-])c1ccc(C)cc1. The number of nitrogens with one attached hydrogen (secondary N) is 1.